The van der Waals surface area contributed by atoms with Crippen molar-refractivity contribution in [2.45, 2.75) is 83.2 Å². The fraction of sp³-hybridized carbons (Fsp3) is 0.319. The van der Waals surface area contributed by atoms with Crippen molar-refractivity contribution >= 4 is 46.7 Å². The van der Waals surface area contributed by atoms with Crippen molar-refractivity contribution in [3.05, 3.63) is 144 Å². The fourth-order valence-electron chi connectivity index (χ4n) is 6.72. The number of ether oxygens (including phenoxy) is 2. The van der Waals surface area contributed by atoms with E-state index in [1.54, 1.807) is 27.0 Å². The maximum absolute atomic E-state index is 14.4. The molecule has 0 aliphatic heterocycles. The topological polar surface area (TPSA) is 205 Å². The number of aliphatic carboxylic acids is 1. The average molecular weight is 832 g/mol. The molecule has 0 saturated heterocycles. The molecular weight excluding hydrogens is 779 g/mol. The van der Waals surface area contributed by atoms with Gasteiger partial charge in [-0.15, -0.1) is 0 Å². The molecule has 1 unspecified atom stereocenters. The highest BCUT2D eigenvalue weighted by Crippen LogP contribution is 2.20. The van der Waals surface area contributed by atoms with Gasteiger partial charge in [-0.1, -0.05) is 109 Å². The number of amides is 4. The first-order valence-corrected chi connectivity index (χ1v) is 20.1. The number of aromatic nitrogens is 1. The second kappa shape index (κ2) is 21.9. The van der Waals surface area contributed by atoms with E-state index < -0.39 is 78.2 Å². The van der Waals surface area contributed by atoms with Crippen molar-refractivity contribution < 1.29 is 43.3 Å². The van der Waals surface area contributed by atoms with Gasteiger partial charge in [0.05, 0.1) is 18.4 Å². The molecule has 1 aromatic heterocycles. The Morgan fingerprint density at radius 2 is 1.21 bits per heavy atom. The maximum atomic E-state index is 14.4. The molecule has 0 aliphatic carbocycles. The predicted octanol–water partition coefficient (Wildman–Crippen LogP) is 5.40. The number of carboxylic acids is 1. The zero-order valence-electron chi connectivity index (χ0n) is 34.5. The van der Waals surface area contributed by atoms with Gasteiger partial charge in [0.15, 0.2) is 0 Å². The van der Waals surface area contributed by atoms with Gasteiger partial charge in [0.2, 0.25) is 17.7 Å². The van der Waals surface area contributed by atoms with Crippen LogP contribution in [0, 0.1) is 5.92 Å². The van der Waals surface area contributed by atoms with Crippen LogP contribution in [0.2, 0.25) is 0 Å². The Balaban J connectivity index is 1.36. The summed E-state index contributed by atoms with van der Waals surface area (Å²) in [5.74, 6) is -5.60. The van der Waals surface area contributed by atoms with Crippen LogP contribution in [0.15, 0.2) is 121 Å². The minimum Gasteiger partial charge on any atom is -0.481 e. The molecule has 1 heterocycles. The van der Waals surface area contributed by atoms with Gasteiger partial charge in [0.1, 0.15) is 24.3 Å². The molecule has 0 radical (unpaired) electrons. The van der Waals surface area contributed by atoms with Crippen molar-refractivity contribution in [1.82, 2.24) is 26.3 Å². The van der Waals surface area contributed by atoms with E-state index in [1.165, 1.54) is 0 Å². The number of carbonyl (C=O) groups excluding carboxylic acids is 5. The maximum Gasteiger partial charge on any atom is 0.407 e. The monoisotopic (exact) mass is 831 g/mol. The Bertz CT molecular complexity index is 2240. The lowest BCUT2D eigenvalue weighted by molar-refractivity contribution is -0.160. The van der Waals surface area contributed by atoms with Crippen LogP contribution < -0.4 is 21.3 Å². The van der Waals surface area contributed by atoms with Crippen LogP contribution in [0.5, 0.6) is 0 Å². The molecule has 14 heteroatoms. The van der Waals surface area contributed by atoms with Crippen LogP contribution in [0.1, 0.15) is 55.9 Å². The van der Waals surface area contributed by atoms with Gasteiger partial charge in [0.25, 0.3) is 0 Å². The SMILES string of the molecule is CC(C)(C)OC(=O)CC(CC(=O)N[C@@H](Cc1c[nH]c2ccccc12)C(=O)N[C@@H](Cc1ccccc1)C(=O)N[C@@H](CNC(=O)OCc1ccccc1)Cc1ccccc1)C(=O)O. The summed E-state index contributed by atoms with van der Waals surface area (Å²) < 4.78 is 10.7. The Hall–Kier alpha value is -6.96. The molecule has 320 valence electrons. The second-order valence-electron chi connectivity index (χ2n) is 15.8. The lowest BCUT2D eigenvalue weighted by atomic mass is 9.99. The van der Waals surface area contributed by atoms with Gasteiger partial charge in [-0.25, -0.2) is 4.79 Å². The van der Waals surface area contributed by atoms with E-state index in [9.17, 15) is 33.9 Å². The zero-order chi connectivity index (χ0) is 43.8. The number of benzene rings is 4. The Morgan fingerprint density at radius 3 is 1.84 bits per heavy atom. The van der Waals surface area contributed by atoms with Gasteiger partial charge in [-0.3, -0.25) is 24.0 Å². The minimum atomic E-state index is -1.42. The predicted molar refractivity (Wildman–Crippen MR) is 229 cm³/mol. The lowest BCUT2D eigenvalue weighted by Gasteiger charge is -2.26. The van der Waals surface area contributed by atoms with Crippen LogP contribution in [0.3, 0.4) is 0 Å². The number of esters is 1. The number of hydrogen-bond acceptors (Lipinski definition) is 8. The highest BCUT2D eigenvalue weighted by molar-refractivity contribution is 5.94. The first kappa shape index (κ1) is 45.1. The lowest BCUT2D eigenvalue weighted by Crippen LogP contribution is -2.57. The van der Waals surface area contributed by atoms with Crippen molar-refractivity contribution in [3.63, 3.8) is 0 Å². The van der Waals surface area contributed by atoms with E-state index in [2.05, 4.69) is 26.3 Å². The number of carbonyl (C=O) groups is 6. The highest BCUT2D eigenvalue weighted by atomic mass is 16.6. The molecule has 4 amide bonds. The van der Waals surface area contributed by atoms with Gasteiger partial charge in [-0.05, 0) is 55.5 Å². The fourth-order valence-corrected chi connectivity index (χ4v) is 6.72. The highest BCUT2D eigenvalue weighted by Gasteiger charge is 2.32. The molecule has 0 fully saturated rings. The molecule has 0 aliphatic rings. The van der Waals surface area contributed by atoms with E-state index in [-0.39, 0.29) is 26.0 Å². The third-order valence-corrected chi connectivity index (χ3v) is 9.66. The summed E-state index contributed by atoms with van der Waals surface area (Å²) >= 11 is 0. The van der Waals surface area contributed by atoms with E-state index in [1.807, 2.05) is 115 Å². The quantitative estimate of drug-likeness (QED) is 0.0555. The smallest absolute Gasteiger partial charge is 0.407 e. The molecule has 6 N–H and O–H groups in total. The summed E-state index contributed by atoms with van der Waals surface area (Å²) in [6, 6.07) is 32.1. The van der Waals surface area contributed by atoms with E-state index in [4.69, 9.17) is 9.47 Å². The second-order valence-corrected chi connectivity index (χ2v) is 15.8. The number of aromatic amines is 1. The number of para-hydroxylation sites is 1. The molecule has 61 heavy (non-hydrogen) atoms. The van der Waals surface area contributed by atoms with Crippen LogP contribution >= 0.6 is 0 Å². The number of rotatable bonds is 20. The molecular formula is C47H53N5O9. The third kappa shape index (κ3) is 15.0. The molecule has 5 aromatic rings. The third-order valence-electron chi connectivity index (χ3n) is 9.66. The summed E-state index contributed by atoms with van der Waals surface area (Å²) in [5.41, 5.74) is 3.08. The van der Waals surface area contributed by atoms with Crippen molar-refractivity contribution in [3.8, 4) is 0 Å². The van der Waals surface area contributed by atoms with Crippen LogP contribution in [-0.2, 0) is 59.3 Å². The van der Waals surface area contributed by atoms with Gasteiger partial charge < -0.3 is 40.8 Å². The van der Waals surface area contributed by atoms with Gasteiger partial charge in [0, 0.05) is 42.9 Å². The standard InChI is InChI=1S/C47H53N5O9/c1-47(2,3)61-42(54)27-34(45(57)58)26-41(53)51-40(25-35-28-48-38-22-14-13-21-37(35)38)44(56)52-39(24-32-17-9-5-10-18-32)43(55)50-36(23-31-15-7-4-8-16-31)29-49-46(59)60-30-33-19-11-6-12-20-33/h4-22,28,34,36,39-40,48H,23-27,29-30H2,1-3H3,(H,49,59)(H,50,55)(H,51,53)(H,52,56)(H,57,58)/t34?,36-,39+,40+/m1/s1. The largest absolute Gasteiger partial charge is 0.481 e. The number of hydrogen-bond donors (Lipinski definition) is 6. The summed E-state index contributed by atoms with van der Waals surface area (Å²) in [5, 5.41) is 22.0. The zero-order valence-corrected chi connectivity index (χ0v) is 34.5. The Labute approximate surface area is 354 Å². The molecule has 4 aromatic carbocycles. The molecule has 14 nitrogen and oxygen atoms in total. The van der Waals surface area contributed by atoms with Crippen LogP contribution in [0.25, 0.3) is 10.9 Å². The average Bonchev–Trinajstić information content (AvgIpc) is 3.64. The van der Waals surface area contributed by atoms with E-state index >= 15 is 0 Å². The number of fused-ring (bicyclic) bond motifs is 1. The Morgan fingerprint density at radius 1 is 0.656 bits per heavy atom. The molecule has 4 atom stereocenters. The van der Waals surface area contributed by atoms with E-state index in [0.717, 1.165) is 27.6 Å². The number of carboxylic acid groups (broad SMARTS) is 1. The molecule has 0 saturated carbocycles. The number of nitrogens with one attached hydrogen (secondary N) is 5. The normalized spacial score (nSPS) is 13.2. The van der Waals surface area contributed by atoms with Crippen molar-refractivity contribution in [2.75, 3.05) is 6.54 Å². The summed E-state index contributed by atoms with van der Waals surface area (Å²) in [6.45, 7) is 5.02. The van der Waals surface area contributed by atoms with E-state index in [0.29, 0.717) is 12.0 Å². The molecule has 0 spiro atoms. The van der Waals surface area contributed by atoms with Gasteiger partial charge in [-0.2, -0.15) is 0 Å². The number of H-pyrrole nitrogens is 1. The summed E-state index contributed by atoms with van der Waals surface area (Å²) in [4.78, 5) is 83.0. The molecule has 0 bridgehead atoms. The first-order valence-electron chi connectivity index (χ1n) is 20.1. The number of alkyl carbamates (subject to hydrolysis) is 1. The van der Waals surface area contributed by atoms with Crippen LogP contribution in [-0.4, -0.2) is 76.1 Å². The summed E-state index contributed by atoms with van der Waals surface area (Å²) in [7, 11) is 0. The van der Waals surface area contributed by atoms with Crippen molar-refractivity contribution in [1.29, 1.82) is 0 Å². The Kier molecular flexibility index (Phi) is 16.2. The van der Waals surface area contributed by atoms with Crippen molar-refractivity contribution in [2.24, 2.45) is 5.92 Å². The van der Waals surface area contributed by atoms with Gasteiger partial charge >= 0.3 is 18.0 Å². The molecule has 5 rings (SSSR count). The minimum absolute atomic E-state index is 0.00749. The van der Waals surface area contributed by atoms with Crippen LogP contribution in [0.4, 0.5) is 4.79 Å². The summed E-state index contributed by atoms with van der Waals surface area (Å²) in [6.07, 6.45) is 0.289. The first-order chi connectivity index (χ1) is 29.2.